The Kier molecular flexibility index (Phi) is 4.18. The summed E-state index contributed by atoms with van der Waals surface area (Å²) in [5.74, 6) is 0.799. The van der Waals surface area contributed by atoms with Crippen LogP contribution in [0, 0.1) is 0 Å². The number of nitrogens with zero attached hydrogens (tertiary/aromatic N) is 5. The lowest BCUT2D eigenvalue weighted by Gasteiger charge is -2.26. The van der Waals surface area contributed by atoms with Crippen molar-refractivity contribution < 1.29 is 4.79 Å². The Morgan fingerprint density at radius 2 is 1.95 bits per heavy atom. The van der Waals surface area contributed by atoms with Crippen molar-refractivity contribution in [2.75, 3.05) is 13.1 Å². The van der Waals surface area contributed by atoms with Crippen molar-refractivity contribution in [1.29, 1.82) is 0 Å². The molecular formula is C16H21N5O. The molecule has 0 saturated carbocycles. The standard InChI is InChI=1S/C16H21N5O/c1-12(2)21-15(17-18-19-21)13-7-6-8-14(11-13)16(22)20-9-4-3-5-10-20/h6-8,11-12H,3-5,9-10H2,1-2H3. The second-order valence-corrected chi connectivity index (χ2v) is 5.97. The van der Waals surface area contributed by atoms with Crippen molar-refractivity contribution in [1.82, 2.24) is 25.1 Å². The molecule has 1 amide bonds. The van der Waals surface area contributed by atoms with E-state index in [1.165, 1.54) is 6.42 Å². The van der Waals surface area contributed by atoms with E-state index in [0.29, 0.717) is 11.4 Å². The van der Waals surface area contributed by atoms with Gasteiger partial charge in [-0.05, 0) is 55.7 Å². The van der Waals surface area contributed by atoms with Crippen LogP contribution in [0.1, 0.15) is 49.5 Å². The Labute approximate surface area is 130 Å². The zero-order valence-electron chi connectivity index (χ0n) is 13.1. The minimum absolute atomic E-state index is 0.102. The number of piperidine rings is 1. The molecule has 1 fully saturated rings. The summed E-state index contributed by atoms with van der Waals surface area (Å²) in [4.78, 5) is 14.5. The normalized spacial score (nSPS) is 15.3. The highest BCUT2D eigenvalue weighted by Crippen LogP contribution is 2.21. The molecule has 116 valence electrons. The molecule has 0 N–H and O–H groups in total. The molecule has 1 aromatic carbocycles. The topological polar surface area (TPSA) is 63.9 Å². The largest absolute Gasteiger partial charge is 0.339 e. The van der Waals surface area contributed by atoms with Gasteiger partial charge >= 0.3 is 0 Å². The molecule has 2 heterocycles. The van der Waals surface area contributed by atoms with Gasteiger partial charge in [0.15, 0.2) is 5.82 Å². The van der Waals surface area contributed by atoms with E-state index in [-0.39, 0.29) is 11.9 Å². The van der Waals surface area contributed by atoms with Gasteiger partial charge in [-0.2, -0.15) is 0 Å². The van der Waals surface area contributed by atoms with Crippen LogP contribution in [0.2, 0.25) is 0 Å². The summed E-state index contributed by atoms with van der Waals surface area (Å²) in [6.07, 6.45) is 3.40. The van der Waals surface area contributed by atoms with Gasteiger partial charge in [0.05, 0.1) is 6.04 Å². The smallest absolute Gasteiger partial charge is 0.253 e. The fourth-order valence-electron chi connectivity index (χ4n) is 2.80. The summed E-state index contributed by atoms with van der Waals surface area (Å²) in [6, 6.07) is 7.76. The van der Waals surface area contributed by atoms with Crippen molar-refractivity contribution in [3.05, 3.63) is 29.8 Å². The minimum atomic E-state index is 0.102. The molecule has 1 saturated heterocycles. The van der Waals surface area contributed by atoms with E-state index in [0.717, 1.165) is 31.5 Å². The Balaban J connectivity index is 1.89. The molecule has 1 aromatic heterocycles. The van der Waals surface area contributed by atoms with Gasteiger partial charge in [0.1, 0.15) is 0 Å². The third-order valence-corrected chi connectivity index (χ3v) is 3.99. The lowest BCUT2D eigenvalue weighted by atomic mass is 10.1. The second-order valence-electron chi connectivity index (χ2n) is 5.97. The SMILES string of the molecule is CC(C)n1nnnc1-c1cccc(C(=O)N2CCCCC2)c1. The second kappa shape index (κ2) is 6.25. The Hall–Kier alpha value is -2.24. The van der Waals surface area contributed by atoms with Crippen molar-refractivity contribution in [2.45, 2.75) is 39.2 Å². The fraction of sp³-hybridized carbons (Fsp3) is 0.500. The lowest BCUT2D eigenvalue weighted by molar-refractivity contribution is 0.0724. The average Bonchev–Trinajstić information content (AvgIpc) is 3.05. The first-order valence-corrected chi connectivity index (χ1v) is 7.84. The molecule has 0 bridgehead atoms. The zero-order chi connectivity index (χ0) is 15.5. The number of carbonyl (C=O) groups excluding carboxylic acids is 1. The molecule has 0 aliphatic carbocycles. The number of likely N-dealkylation sites (tertiary alicyclic amines) is 1. The van der Waals surface area contributed by atoms with Crippen LogP contribution in [0.25, 0.3) is 11.4 Å². The quantitative estimate of drug-likeness (QED) is 0.873. The van der Waals surface area contributed by atoms with Crippen LogP contribution >= 0.6 is 0 Å². The molecule has 0 spiro atoms. The summed E-state index contributed by atoms with van der Waals surface area (Å²) in [7, 11) is 0. The number of carbonyl (C=O) groups is 1. The Bertz CT molecular complexity index is 658. The van der Waals surface area contributed by atoms with Gasteiger partial charge in [-0.15, -0.1) is 5.10 Å². The maximum Gasteiger partial charge on any atom is 0.253 e. The summed E-state index contributed by atoms with van der Waals surface area (Å²) in [5, 5.41) is 11.9. The number of benzene rings is 1. The van der Waals surface area contributed by atoms with Crippen molar-refractivity contribution in [3.8, 4) is 11.4 Å². The summed E-state index contributed by atoms with van der Waals surface area (Å²) in [6.45, 7) is 5.77. The first-order valence-electron chi connectivity index (χ1n) is 7.84. The van der Waals surface area contributed by atoms with Crippen LogP contribution in [0.5, 0.6) is 0 Å². The third-order valence-electron chi connectivity index (χ3n) is 3.99. The fourth-order valence-corrected chi connectivity index (χ4v) is 2.80. The molecular weight excluding hydrogens is 278 g/mol. The average molecular weight is 299 g/mol. The number of aromatic nitrogens is 4. The van der Waals surface area contributed by atoms with Gasteiger partial charge in [-0.25, -0.2) is 4.68 Å². The first kappa shape index (κ1) is 14.7. The lowest BCUT2D eigenvalue weighted by Crippen LogP contribution is -2.35. The number of rotatable bonds is 3. The summed E-state index contributed by atoms with van der Waals surface area (Å²) >= 11 is 0. The molecule has 3 rings (SSSR count). The highest BCUT2D eigenvalue weighted by Gasteiger charge is 2.19. The van der Waals surface area contributed by atoms with E-state index in [1.807, 2.05) is 43.0 Å². The number of hydrogen-bond acceptors (Lipinski definition) is 4. The molecule has 6 nitrogen and oxygen atoms in total. The number of amides is 1. The molecule has 1 aliphatic rings. The van der Waals surface area contributed by atoms with Gasteiger partial charge in [0.25, 0.3) is 5.91 Å². The van der Waals surface area contributed by atoms with E-state index in [4.69, 9.17) is 0 Å². The van der Waals surface area contributed by atoms with Gasteiger partial charge in [-0.1, -0.05) is 12.1 Å². The van der Waals surface area contributed by atoms with Crippen molar-refractivity contribution >= 4 is 5.91 Å². The molecule has 0 atom stereocenters. The van der Waals surface area contributed by atoms with E-state index in [9.17, 15) is 4.79 Å². The molecule has 6 heteroatoms. The van der Waals surface area contributed by atoms with Gasteiger partial charge < -0.3 is 4.90 Å². The highest BCUT2D eigenvalue weighted by molar-refractivity contribution is 5.95. The molecule has 1 aliphatic heterocycles. The molecule has 0 unspecified atom stereocenters. The summed E-state index contributed by atoms with van der Waals surface area (Å²) in [5.41, 5.74) is 1.58. The highest BCUT2D eigenvalue weighted by atomic mass is 16.2. The van der Waals surface area contributed by atoms with E-state index in [2.05, 4.69) is 15.5 Å². The molecule has 0 radical (unpaired) electrons. The first-order chi connectivity index (χ1) is 10.7. The van der Waals surface area contributed by atoms with Gasteiger partial charge in [0.2, 0.25) is 0 Å². The van der Waals surface area contributed by atoms with Crippen molar-refractivity contribution in [3.63, 3.8) is 0 Å². The predicted octanol–water partition coefficient (Wildman–Crippen LogP) is 2.55. The zero-order valence-corrected chi connectivity index (χ0v) is 13.1. The van der Waals surface area contributed by atoms with Crippen LogP contribution in [-0.4, -0.2) is 44.1 Å². The van der Waals surface area contributed by atoms with Crippen LogP contribution in [0.3, 0.4) is 0 Å². The maximum absolute atomic E-state index is 12.6. The monoisotopic (exact) mass is 299 g/mol. The Morgan fingerprint density at radius 3 is 2.68 bits per heavy atom. The Morgan fingerprint density at radius 1 is 1.18 bits per heavy atom. The molecule has 2 aromatic rings. The predicted molar refractivity (Wildman–Crippen MR) is 83.4 cm³/mol. The van der Waals surface area contributed by atoms with Crippen molar-refractivity contribution in [2.24, 2.45) is 0 Å². The maximum atomic E-state index is 12.6. The van der Waals surface area contributed by atoms with E-state index in [1.54, 1.807) is 4.68 Å². The van der Waals surface area contributed by atoms with Gasteiger partial charge in [0, 0.05) is 24.2 Å². The third kappa shape index (κ3) is 2.86. The van der Waals surface area contributed by atoms with Crippen LogP contribution in [0.15, 0.2) is 24.3 Å². The minimum Gasteiger partial charge on any atom is -0.339 e. The van der Waals surface area contributed by atoms with E-state index < -0.39 is 0 Å². The van der Waals surface area contributed by atoms with E-state index >= 15 is 0 Å². The van der Waals surface area contributed by atoms with Crippen LogP contribution < -0.4 is 0 Å². The van der Waals surface area contributed by atoms with Crippen LogP contribution in [-0.2, 0) is 0 Å². The number of hydrogen-bond donors (Lipinski definition) is 0. The van der Waals surface area contributed by atoms with Crippen LogP contribution in [0.4, 0.5) is 0 Å². The van der Waals surface area contributed by atoms with Gasteiger partial charge in [-0.3, -0.25) is 4.79 Å². The molecule has 22 heavy (non-hydrogen) atoms. The number of tetrazole rings is 1. The summed E-state index contributed by atoms with van der Waals surface area (Å²) < 4.78 is 1.77.